The summed E-state index contributed by atoms with van der Waals surface area (Å²) in [6.07, 6.45) is 5.20. The Morgan fingerprint density at radius 2 is 0.581 bits per heavy atom. The van der Waals surface area contributed by atoms with Gasteiger partial charge in [-0.15, -0.1) is 0 Å². The van der Waals surface area contributed by atoms with E-state index in [4.69, 9.17) is 4.98 Å². The number of halogens is 10. The van der Waals surface area contributed by atoms with Crippen molar-refractivity contribution in [3.8, 4) is 56.6 Å². The lowest BCUT2D eigenvalue weighted by atomic mass is 10.0. The maximum absolute atomic E-state index is 15.8. The summed E-state index contributed by atoms with van der Waals surface area (Å²) < 4.78 is 152. The summed E-state index contributed by atoms with van der Waals surface area (Å²) in [5.74, 6) is -23.2. The molecule has 0 amide bonds. The van der Waals surface area contributed by atoms with Crippen LogP contribution in [0.15, 0.2) is 72.8 Å². The molecule has 0 unspecified atom stereocenters. The molecule has 7 aromatic rings. The number of nitrogens with zero attached hydrogens (tertiary/aromatic N) is 4. The molecule has 0 aliphatic carbocycles. The predicted octanol–water partition coefficient (Wildman–Crippen LogP) is 12.5. The van der Waals surface area contributed by atoms with Crippen LogP contribution >= 0.6 is 0 Å². The van der Waals surface area contributed by atoms with Crippen molar-refractivity contribution < 1.29 is 43.9 Å². The third-order valence-electron chi connectivity index (χ3n) is 10.3. The van der Waals surface area contributed by atoms with E-state index in [0.29, 0.717) is 33.4 Å². The van der Waals surface area contributed by atoms with Crippen LogP contribution in [0.1, 0.15) is 33.9 Å². The van der Waals surface area contributed by atoms with E-state index in [1.165, 1.54) is 48.5 Å². The quantitative estimate of drug-likeness (QED) is 0.105. The highest BCUT2D eigenvalue weighted by Crippen LogP contribution is 2.42. The van der Waals surface area contributed by atoms with E-state index in [1.54, 1.807) is 36.4 Å². The first-order valence-corrected chi connectivity index (χ1v) is 18.0. The first kappa shape index (κ1) is 39.2. The topological polar surface area (TPSA) is 105 Å². The average molecular weight is 845 g/mol. The molecule has 0 spiro atoms. The van der Waals surface area contributed by atoms with E-state index in [9.17, 15) is 36.9 Å². The molecule has 6 nitrogen and oxygen atoms in total. The fourth-order valence-electron chi connectivity index (χ4n) is 7.41. The largest absolute Gasteiger partial charge is 0.354 e. The number of fused-ring (bicyclic) bond motifs is 8. The van der Waals surface area contributed by atoms with Gasteiger partial charge in [0.1, 0.15) is 0 Å². The minimum Gasteiger partial charge on any atom is -0.354 e. The number of nitriles is 2. The fraction of sp³-hybridized carbons (Fsp3) is 0. The van der Waals surface area contributed by atoms with E-state index in [1.807, 2.05) is 12.1 Å². The maximum Gasteiger partial charge on any atom is 0.200 e. The molecule has 302 valence electrons. The number of benzene rings is 4. The molecule has 0 atom stereocenters. The number of nitrogens with one attached hydrogen (secondary N) is 2. The highest BCUT2D eigenvalue weighted by molar-refractivity contribution is 6.00. The van der Waals surface area contributed by atoms with E-state index < -0.39 is 91.8 Å². The summed E-state index contributed by atoms with van der Waals surface area (Å²) in [4.78, 5) is 15.1. The summed E-state index contributed by atoms with van der Waals surface area (Å²) in [5.41, 5.74) is -3.13. The number of H-pyrrole nitrogens is 2. The van der Waals surface area contributed by atoms with Gasteiger partial charge in [0.15, 0.2) is 46.5 Å². The van der Waals surface area contributed by atoms with Gasteiger partial charge < -0.3 is 9.97 Å². The highest BCUT2D eigenvalue weighted by Gasteiger charge is 2.32. The Hall–Kier alpha value is -8.24. The zero-order valence-corrected chi connectivity index (χ0v) is 30.8. The van der Waals surface area contributed by atoms with Crippen LogP contribution in [0.4, 0.5) is 43.9 Å². The molecule has 2 aliphatic rings. The summed E-state index contributed by atoms with van der Waals surface area (Å²) in [6, 6.07) is 21.8. The molecule has 16 heteroatoms. The van der Waals surface area contributed by atoms with Crippen LogP contribution in [-0.2, 0) is 0 Å². The van der Waals surface area contributed by atoms with Crippen molar-refractivity contribution in [3.05, 3.63) is 165 Å². The van der Waals surface area contributed by atoms with Crippen LogP contribution in [0.25, 0.3) is 90.9 Å². The van der Waals surface area contributed by atoms with E-state index in [0.717, 1.165) is 12.2 Å². The normalized spacial score (nSPS) is 11.9. The molecule has 0 saturated heterocycles. The number of aromatic amines is 2. The standard InChI is InChI=1S/C46H18F10N6/c47-37-35(38(48)42(52)45(55)41(37)51)33-27-13-11-25(60-27)31(21-5-1-19(17-57)2-6-21)23-9-10-24(59-23)32(22-7-3-20(18-58)4-8-22)26-12-14-28(61-26)34(30-16-15-29(33)62-30)36-39(49)43(53)46(56)44(54)40(36)50/h1-16,60-61H. The molecule has 8 bridgehead atoms. The van der Waals surface area contributed by atoms with Gasteiger partial charge in [0.05, 0.1) is 57.2 Å². The number of hydrogen-bond donors (Lipinski definition) is 2. The highest BCUT2D eigenvalue weighted by atomic mass is 19.2. The zero-order chi connectivity index (χ0) is 43.7. The van der Waals surface area contributed by atoms with Crippen molar-refractivity contribution in [2.24, 2.45) is 0 Å². The van der Waals surface area contributed by atoms with Crippen molar-refractivity contribution >= 4 is 46.4 Å². The molecular formula is C46H18F10N6. The first-order valence-electron chi connectivity index (χ1n) is 18.0. The van der Waals surface area contributed by atoms with E-state index in [2.05, 4.69) is 15.0 Å². The Bertz CT molecular complexity index is 3150. The second-order valence-corrected chi connectivity index (χ2v) is 13.8. The average Bonchev–Trinajstić information content (AvgIpc) is 4.14. The van der Waals surface area contributed by atoms with Crippen LogP contribution in [0.2, 0.25) is 0 Å². The first-order chi connectivity index (χ1) is 29.8. The number of aromatic nitrogens is 4. The zero-order valence-electron chi connectivity index (χ0n) is 30.8. The molecule has 62 heavy (non-hydrogen) atoms. The summed E-state index contributed by atoms with van der Waals surface area (Å²) in [5, 5.41) is 19.0. The van der Waals surface area contributed by atoms with Crippen LogP contribution in [0.5, 0.6) is 0 Å². The van der Waals surface area contributed by atoms with Gasteiger partial charge in [0.25, 0.3) is 0 Å². The van der Waals surface area contributed by atoms with Crippen LogP contribution in [0, 0.1) is 80.8 Å². The van der Waals surface area contributed by atoms with Gasteiger partial charge in [-0.1, -0.05) is 24.3 Å². The Balaban J connectivity index is 1.53. The minimum absolute atomic E-state index is 0.172. The monoisotopic (exact) mass is 844 g/mol. The van der Waals surface area contributed by atoms with E-state index >= 15 is 17.6 Å². The Morgan fingerprint density at radius 3 is 0.871 bits per heavy atom. The molecular weight excluding hydrogens is 827 g/mol. The maximum atomic E-state index is 15.8. The Labute approximate surface area is 341 Å². The fourth-order valence-corrected chi connectivity index (χ4v) is 7.41. The summed E-state index contributed by atoms with van der Waals surface area (Å²) in [7, 11) is 0. The Morgan fingerprint density at radius 1 is 0.323 bits per heavy atom. The number of rotatable bonds is 4. The molecule has 0 radical (unpaired) electrons. The van der Waals surface area contributed by atoms with Gasteiger partial charge in [0.2, 0.25) is 11.6 Å². The number of hydrogen-bond acceptors (Lipinski definition) is 4. The second kappa shape index (κ2) is 14.8. The SMILES string of the molecule is N#Cc1ccc(-c2c3nc(c(-c4ccc(C#N)cc4)c4ccc([nH]4)c(-c4c(F)c(F)c(F)c(F)c4F)c4nc(c(-c5c(F)c(F)c(F)c(F)c5F)c5ccc2[nH]5)C=C4)C=C3)cc1. The molecule has 4 aromatic carbocycles. The molecule has 2 aliphatic heterocycles. The summed E-state index contributed by atoms with van der Waals surface area (Å²) >= 11 is 0. The van der Waals surface area contributed by atoms with Crippen LogP contribution < -0.4 is 0 Å². The second-order valence-electron chi connectivity index (χ2n) is 13.8. The smallest absolute Gasteiger partial charge is 0.200 e. The van der Waals surface area contributed by atoms with Crippen molar-refractivity contribution in [1.82, 2.24) is 19.9 Å². The van der Waals surface area contributed by atoms with Gasteiger partial charge in [-0.2, -0.15) is 10.5 Å². The molecule has 3 aromatic heterocycles. The lowest BCUT2D eigenvalue weighted by molar-refractivity contribution is 0.381. The van der Waals surface area contributed by atoms with Crippen molar-refractivity contribution in [1.29, 1.82) is 10.5 Å². The van der Waals surface area contributed by atoms with Gasteiger partial charge in [-0.25, -0.2) is 53.9 Å². The van der Waals surface area contributed by atoms with Crippen molar-refractivity contribution in [3.63, 3.8) is 0 Å². The predicted molar refractivity (Wildman–Crippen MR) is 210 cm³/mol. The third kappa shape index (κ3) is 6.11. The lowest BCUT2D eigenvalue weighted by Gasteiger charge is -2.11. The lowest BCUT2D eigenvalue weighted by Crippen LogP contribution is -2.05. The molecule has 0 saturated carbocycles. The molecule has 9 rings (SSSR count). The molecule has 0 fully saturated rings. The minimum atomic E-state index is -2.46. The van der Waals surface area contributed by atoms with Crippen molar-refractivity contribution in [2.45, 2.75) is 0 Å². The van der Waals surface area contributed by atoms with Gasteiger partial charge >= 0.3 is 0 Å². The third-order valence-corrected chi connectivity index (χ3v) is 10.3. The molecule has 2 N–H and O–H groups in total. The van der Waals surface area contributed by atoms with Crippen LogP contribution in [-0.4, -0.2) is 19.9 Å². The Kier molecular flexibility index (Phi) is 9.36. The van der Waals surface area contributed by atoms with Gasteiger partial charge in [0, 0.05) is 44.3 Å². The van der Waals surface area contributed by atoms with E-state index in [-0.39, 0.29) is 33.5 Å². The van der Waals surface area contributed by atoms with Crippen LogP contribution in [0.3, 0.4) is 0 Å². The molecule has 5 heterocycles. The summed E-state index contributed by atoms with van der Waals surface area (Å²) in [6.45, 7) is 0. The van der Waals surface area contributed by atoms with Crippen molar-refractivity contribution in [2.75, 3.05) is 0 Å². The van der Waals surface area contributed by atoms with Gasteiger partial charge in [-0.05, 0) is 84.0 Å². The van der Waals surface area contributed by atoms with Gasteiger partial charge in [-0.3, -0.25) is 0 Å².